The van der Waals surface area contributed by atoms with Gasteiger partial charge in [-0.15, -0.1) is 0 Å². The van der Waals surface area contributed by atoms with Crippen molar-refractivity contribution in [3.05, 3.63) is 0 Å². The maximum absolute atomic E-state index is 12.3. The topological polar surface area (TPSA) is 49.4 Å². The van der Waals surface area contributed by atoms with Gasteiger partial charge in [-0.3, -0.25) is 4.90 Å². The van der Waals surface area contributed by atoms with Crippen LogP contribution in [0.4, 0.5) is 0 Å². The van der Waals surface area contributed by atoms with E-state index in [4.69, 9.17) is 0 Å². The molecule has 0 aromatic heterocycles. The standard InChI is InChI=1S/C15H32N2O2S/c1-7-12(2)14-10-16-13(3)11-17(14)8-9-20(18,19)15(4,5)6/h12-14,16H,7-11H2,1-6H3. The van der Waals surface area contributed by atoms with Crippen molar-refractivity contribution < 1.29 is 8.42 Å². The minimum Gasteiger partial charge on any atom is -0.311 e. The molecule has 0 aromatic rings. The molecule has 1 saturated heterocycles. The van der Waals surface area contributed by atoms with E-state index in [1.807, 2.05) is 0 Å². The van der Waals surface area contributed by atoms with E-state index in [0.717, 1.165) is 19.5 Å². The highest BCUT2D eigenvalue weighted by molar-refractivity contribution is 7.92. The summed E-state index contributed by atoms with van der Waals surface area (Å²) in [6.45, 7) is 14.5. The highest BCUT2D eigenvalue weighted by atomic mass is 32.2. The van der Waals surface area contributed by atoms with Crippen LogP contribution in [-0.4, -0.2) is 55.5 Å². The lowest BCUT2D eigenvalue weighted by Crippen LogP contribution is -2.58. The van der Waals surface area contributed by atoms with Crippen molar-refractivity contribution in [1.29, 1.82) is 0 Å². The fraction of sp³-hybridized carbons (Fsp3) is 1.00. The van der Waals surface area contributed by atoms with E-state index < -0.39 is 14.6 Å². The molecule has 0 aromatic carbocycles. The van der Waals surface area contributed by atoms with Crippen molar-refractivity contribution in [1.82, 2.24) is 10.2 Å². The third-order valence-electron chi connectivity index (χ3n) is 4.53. The number of nitrogens with zero attached hydrogens (tertiary/aromatic N) is 1. The summed E-state index contributed by atoms with van der Waals surface area (Å²) in [4.78, 5) is 2.37. The Morgan fingerprint density at radius 3 is 2.45 bits per heavy atom. The summed E-state index contributed by atoms with van der Waals surface area (Å²) in [5, 5.41) is 3.51. The number of hydrogen-bond donors (Lipinski definition) is 1. The number of rotatable bonds is 5. The minimum absolute atomic E-state index is 0.260. The summed E-state index contributed by atoms with van der Waals surface area (Å²) in [6, 6.07) is 0.888. The minimum atomic E-state index is -3.03. The van der Waals surface area contributed by atoms with E-state index in [-0.39, 0.29) is 5.75 Å². The van der Waals surface area contributed by atoms with Crippen molar-refractivity contribution in [2.45, 2.75) is 64.8 Å². The molecule has 0 bridgehead atoms. The fourth-order valence-corrected chi connectivity index (χ4v) is 3.72. The predicted octanol–water partition coefficient (Wildman–Crippen LogP) is 1.91. The van der Waals surface area contributed by atoms with E-state index >= 15 is 0 Å². The monoisotopic (exact) mass is 304 g/mol. The van der Waals surface area contributed by atoms with Gasteiger partial charge < -0.3 is 5.32 Å². The largest absolute Gasteiger partial charge is 0.311 e. The molecule has 5 heteroatoms. The molecule has 1 aliphatic rings. The molecule has 20 heavy (non-hydrogen) atoms. The molecule has 4 nitrogen and oxygen atoms in total. The van der Waals surface area contributed by atoms with Gasteiger partial charge in [0.05, 0.1) is 10.5 Å². The molecule has 120 valence electrons. The number of hydrogen-bond acceptors (Lipinski definition) is 4. The van der Waals surface area contributed by atoms with Crippen LogP contribution in [0.3, 0.4) is 0 Å². The first-order chi connectivity index (χ1) is 9.08. The quantitative estimate of drug-likeness (QED) is 0.843. The Balaban J connectivity index is 2.71. The van der Waals surface area contributed by atoms with Gasteiger partial charge in [-0.05, 0) is 33.6 Å². The zero-order valence-corrected chi connectivity index (χ0v) is 14.8. The average molecular weight is 305 g/mol. The smallest absolute Gasteiger partial charge is 0.156 e. The van der Waals surface area contributed by atoms with Gasteiger partial charge in [0.2, 0.25) is 0 Å². The lowest BCUT2D eigenvalue weighted by Gasteiger charge is -2.42. The lowest BCUT2D eigenvalue weighted by atomic mass is 9.95. The number of sulfone groups is 1. The second-order valence-electron chi connectivity index (χ2n) is 7.19. The van der Waals surface area contributed by atoms with Gasteiger partial charge in [0.25, 0.3) is 0 Å². The van der Waals surface area contributed by atoms with Crippen LogP contribution in [-0.2, 0) is 9.84 Å². The van der Waals surface area contributed by atoms with Gasteiger partial charge in [0.15, 0.2) is 9.84 Å². The van der Waals surface area contributed by atoms with Gasteiger partial charge in [-0.1, -0.05) is 20.3 Å². The fourth-order valence-electron chi connectivity index (χ4n) is 2.64. The lowest BCUT2D eigenvalue weighted by molar-refractivity contribution is 0.102. The molecular weight excluding hydrogens is 272 g/mol. The third-order valence-corrected chi connectivity index (χ3v) is 7.12. The molecule has 0 amide bonds. The normalized spacial score (nSPS) is 27.5. The summed E-state index contributed by atoms with van der Waals surface area (Å²) in [6.07, 6.45) is 1.13. The summed E-state index contributed by atoms with van der Waals surface area (Å²) >= 11 is 0. The molecular formula is C15H32N2O2S. The molecule has 3 atom stereocenters. The first kappa shape index (κ1) is 17.9. The van der Waals surface area contributed by atoms with Crippen molar-refractivity contribution >= 4 is 9.84 Å². The first-order valence-electron chi connectivity index (χ1n) is 7.78. The summed E-state index contributed by atoms with van der Waals surface area (Å²) in [7, 11) is -3.03. The molecule has 1 fully saturated rings. The van der Waals surface area contributed by atoms with Crippen molar-refractivity contribution in [2.75, 3.05) is 25.4 Å². The van der Waals surface area contributed by atoms with Crippen LogP contribution >= 0.6 is 0 Å². The Kier molecular flexibility index (Phi) is 6.05. The Bertz CT molecular complexity index is 401. The van der Waals surface area contributed by atoms with Crippen LogP contribution in [0.15, 0.2) is 0 Å². The van der Waals surface area contributed by atoms with Crippen LogP contribution in [0.2, 0.25) is 0 Å². The summed E-state index contributed by atoms with van der Waals surface area (Å²) in [5.74, 6) is 0.850. The molecule has 1 aliphatic heterocycles. The maximum atomic E-state index is 12.3. The van der Waals surface area contributed by atoms with Crippen LogP contribution in [0.1, 0.15) is 48.0 Å². The van der Waals surface area contributed by atoms with Crippen LogP contribution < -0.4 is 5.32 Å². The average Bonchev–Trinajstić information content (AvgIpc) is 2.34. The van der Waals surface area contributed by atoms with Crippen molar-refractivity contribution in [3.8, 4) is 0 Å². The Morgan fingerprint density at radius 2 is 1.95 bits per heavy atom. The molecule has 0 aliphatic carbocycles. The van der Waals surface area contributed by atoms with Crippen LogP contribution in [0, 0.1) is 5.92 Å². The zero-order chi connectivity index (χ0) is 15.6. The molecule has 0 spiro atoms. The highest BCUT2D eigenvalue weighted by Crippen LogP contribution is 2.20. The molecule has 1 heterocycles. The van der Waals surface area contributed by atoms with E-state index in [1.165, 1.54) is 0 Å². The second kappa shape index (κ2) is 6.75. The van der Waals surface area contributed by atoms with Gasteiger partial charge in [-0.2, -0.15) is 0 Å². The van der Waals surface area contributed by atoms with Gasteiger partial charge >= 0.3 is 0 Å². The van der Waals surface area contributed by atoms with Crippen molar-refractivity contribution in [2.24, 2.45) is 5.92 Å². The number of piperazine rings is 1. The Labute approximate surface area is 125 Å². The zero-order valence-electron chi connectivity index (χ0n) is 13.9. The van der Waals surface area contributed by atoms with E-state index in [2.05, 4.69) is 31.0 Å². The molecule has 0 saturated carbocycles. The van der Waals surface area contributed by atoms with Crippen molar-refractivity contribution in [3.63, 3.8) is 0 Å². The second-order valence-corrected chi connectivity index (χ2v) is 10.1. The first-order valence-corrected chi connectivity index (χ1v) is 9.43. The Morgan fingerprint density at radius 1 is 1.35 bits per heavy atom. The van der Waals surface area contributed by atoms with E-state index in [0.29, 0.717) is 24.5 Å². The molecule has 1 N–H and O–H groups in total. The van der Waals surface area contributed by atoms with Gasteiger partial charge in [0.1, 0.15) is 0 Å². The molecule has 0 radical (unpaired) electrons. The molecule has 1 rings (SSSR count). The molecule has 3 unspecified atom stereocenters. The summed E-state index contributed by atoms with van der Waals surface area (Å²) < 4.78 is 23.9. The number of nitrogens with one attached hydrogen (secondary N) is 1. The summed E-state index contributed by atoms with van der Waals surface area (Å²) in [5.41, 5.74) is 0. The predicted molar refractivity (Wildman–Crippen MR) is 85.8 cm³/mol. The van der Waals surface area contributed by atoms with E-state index in [1.54, 1.807) is 20.8 Å². The van der Waals surface area contributed by atoms with Gasteiger partial charge in [-0.25, -0.2) is 8.42 Å². The SMILES string of the molecule is CCC(C)C1CNC(C)CN1CCS(=O)(=O)C(C)(C)C. The van der Waals surface area contributed by atoms with Gasteiger partial charge in [0, 0.05) is 31.7 Å². The Hall–Kier alpha value is -0.130. The third kappa shape index (κ3) is 4.43. The van der Waals surface area contributed by atoms with E-state index in [9.17, 15) is 8.42 Å². The maximum Gasteiger partial charge on any atom is 0.156 e. The van der Waals surface area contributed by atoms with Crippen LogP contribution in [0.25, 0.3) is 0 Å². The highest BCUT2D eigenvalue weighted by Gasteiger charge is 2.33. The van der Waals surface area contributed by atoms with Crippen LogP contribution in [0.5, 0.6) is 0 Å².